The Hall–Kier alpha value is -2.37. The zero-order valence-corrected chi connectivity index (χ0v) is 11.6. The van der Waals surface area contributed by atoms with Crippen molar-refractivity contribution in [3.8, 4) is 0 Å². The third-order valence-corrected chi connectivity index (χ3v) is 4.44. The minimum atomic E-state index is 0.111. The topological polar surface area (TPSA) is 77.0 Å². The summed E-state index contributed by atoms with van der Waals surface area (Å²) in [6.07, 6.45) is 4.45. The Morgan fingerprint density at radius 3 is 2.95 bits per heavy atom. The van der Waals surface area contributed by atoms with Crippen LogP contribution in [0.2, 0.25) is 0 Å². The fourth-order valence-electron chi connectivity index (χ4n) is 3.61. The molecular formula is C15H17N5O. The van der Waals surface area contributed by atoms with Gasteiger partial charge in [0.15, 0.2) is 0 Å². The number of hydrogen-bond acceptors (Lipinski definition) is 5. The molecule has 108 valence electrons. The summed E-state index contributed by atoms with van der Waals surface area (Å²) in [6, 6.07) is 5.57. The lowest BCUT2D eigenvalue weighted by Gasteiger charge is -2.43. The molecule has 2 N–H and O–H groups in total. The van der Waals surface area contributed by atoms with Gasteiger partial charge in [0.2, 0.25) is 0 Å². The Morgan fingerprint density at radius 2 is 2.10 bits per heavy atom. The standard InChI is InChI=1S/C15H17N5O/c16-13-5-17-6-14(18-13)19-7-10-4-11(9-19)12-2-1-3-15(21)20(12)8-10/h1-3,5-6,10-11H,4,7-9H2,(H2,16,18)/t10-,11+/m0/s1. The van der Waals surface area contributed by atoms with Gasteiger partial charge in [0.05, 0.1) is 12.4 Å². The van der Waals surface area contributed by atoms with Crippen LogP contribution < -0.4 is 16.2 Å². The van der Waals surface area contributed by atoms with E-state index in [1.165, 1.54) is 0 Å². The fourth-order valence-corrected chi connectivity index (χ4v) is 3.61. The maximum atomic E-state index is 12.0. The molecule has 0 radical (unpaired) electrons. The van der Waals surface area contributed by atoms with E-state index in [2.05, 4.69) is 20.9 Å². The molecule has 2 bridgehead atoms. The Kier molecular flexibility index (Phi) is 2.70. The number of nitrogen functional groups attached to an aromatic ring is 1. The summed E-state index contributed by atoms with van der Waals surface area (Å²) in [7, 11) is 0. The highest BCUT2D eigenvalue weighted by atomic mass is 16.1. The summed E-state index contributed by atoms with van der Waals surface area (Å²) >= 11 is 0. The molecule has 2 aliphatic rings. The molecule has 0 saturated carbocycles. The molecule has 1 fully saturated rings. The maximum Gasteiger partial charge on any atom is 0.250 e. The average molecular weight is 283 g/mol. The van der Waals surface area contributed by atoms with Crippen LogP contribution in [0.1, 0.15) is 18.0 Å². The minimum absolute atomic E-state index is 0.111. The summed E-state index contributed by atoms with van der Waals surface area (Å²) in [5, 5.41) is 0. The number of nitrogens with zero attached hydrogens (tertiary/aromatic N) is 4. The second-order valence-corrected chi connectivity index (χ2v) is 5.91. The molecule has 0 spiro atoms. The summed E-state index contributed by atoms with van der Waals surface area (Å²) in [5.41, 5.74) is 6.98. The van der Waals surface area contributed by atoms with Gasteiger partial charge in [0.25, 0.3) is 5.56 Å². The quantitative estimate of drug-likeness (QED) is 0.839. The van der Waals surface area contributed by atoms with Crippen molar-refractivity contribution in [2.45, 2.75) is 18.9 Å². The van der Waals surface area contributed by atoms with Crippen molar-refractivity contribution in [2.24, 2.45) is 5.92 Å². The van der Waals surface area contributed by atoms with Gasteiger partial charge < -0.3 is 15.2 Å². The van der Waals surface area contributed by atoms with Gasteiger partial charge in [-0.25, -0.2) is 4.98 Å². The molecule has 2 aliphatic heterocycles. The van der Waals surface area contributed by atoms with Crippen molar-refractivity contribution in [2.75, 3.05) is 23.7 Å². The van der Waals surface area contributed by atoms with Gasteiger partial charge in [-0.1, -0.05) is 6.07 Å². The lowest BCUT2D eigenvalue weighted by atomic mass is 9.83. The molecule has 2 aromatic rings. The average Bonchev–Trinajstić information content (AvgIpc) is 2.48. The van der Waals surface area contributed by atoms with E-state index in [1.807, 2.05) is 10.6 Å². The summed E-state index contributed by atoms with van der Waals surface area (Å²) in [4.78, 5) is 22.7. The van der Waals surface area contributed by atoms with E-state index < -0.39 is 0 Å². The number of pyridine rings is 1. The van der Waals surface area contributed by atoms with Crippen LogP contribution in [0.15, 0.2) is 35.4 Å². The van der Waals surface area contributed by atoms with Crippen LogP contribution in [-0.2, 0) is 6.54 Å². The molecule has 21 heavy (non-hydrogen) atoms. The van der Waals surface area contributed by atoms with Gasteiger partial charge in [-0.05, 0) is 18.4 Å². The second kappa shape index (κ2) is 4.58. The van der Waals surface area contributed by atoms with E-state index in [4.69, 9.17) is 5.73 Å². The molecule has 2 aromatic heterocycles. The van der Waals surface area contributed by atoms with Crippen molar-refractivity contribution in [3.63, 3.8) is 0 Å². The molecule has 0 unspecified atom stereocenters. The Bertz CT molecular complexity index is 741. The number of piperidine rings is 1. The van der Waals surface area contributed by atoms with Crippen LogP contribution in [0.5, 0.6) is 0 Å². The third kappa shape index (κ3) is 2.07. The number of rotatable bonds is 1. The zero-order chi connectivity index (χ0) is 14.4. The molecule has 6 heteroatoms. The number of fused-ring (bicyclic) bond motifs is 4. The van der Waals surface area contributed by atoms with Crippen LogP contribution >= 0.6 is 0 Å². The molecule has 0 amide bonds. The largest absolute Gasteiger partial charge is 0.382 e. The molecule has 0 aliphatic carbocycles. The number of hydrogen-bond donors (Lipinski definition) is 1. The van der Waals surface area contributed by atoms with Crippen LogP contribution in [0.25, 0.3) is 0 Å². The van der Waals surface area contributed by atoms with Crippen molar-refractivity contribution < 1.29 is 0 Å². The Labute approximate surface area is 122 Å². The first-order valence-corrected chi connectivity index (χ1v) is 7.23. The SMILES string of the molecule is Nc1cncc(N2C[C@@H]3C[C@H](C2)c2cccc(=O)n2C3)n1. The highest BCUT2D eigenvalue weighted by Crippen LogP contribution is 2.36. The van der Waals surface area contributed by atoms with E-state index >= 15 is 0 Å². The minimum Gasteiger partial charge on any atom is -0.382 e. The summed E-state index contributed by atoms with van der Waals surface area (Å²) < 4.78 is 1.93. The van der Waals surface area contributed by atoms with Crippen molar-refractivity contribution in [1.29, 1.82) is 0 Å². The van der Waals surface area contributed by atoms with Gasteiger partial charge in [-0.15, -0.1) is 0 Å². The van der Waals surface area contributed by atoms with Crippen LogP contribution in [0.4, 0.5) is 11.6 Å². The van der Waals surface area contributed by atoms with Crippen LogP contribution in [0.3, 0.4) is 0 Å². The van der Waals surface area contributed by atoms with Crippen molar-refractivity contribution in [3.05, 3.63) is 46.6 Å². The van der Waals surface area contributed by atoms with E-state index in [1.54, 1.807) is 18.5 Å². The van der Waals surface area contributed by atoms with Gasteiger partial charge in [0.1, 0.15) is 11.6 Å². The second-order valence-electron chi connectivity index (χ2n) is 5.91. The first-order chi connectivity index (χ1) is 10.2. The van der Waals surface area contributed by atoms with E-state index in [-0.39, 0.29) is 5.56 Å². The highest BCUT2D eigenvalue weighted by Gasteiger charge is 2.34. The van der Waals surface area contributed by atoms with Gasteiger partial charge in [-0.3, -0.25) is 9.78 Å². The van der Waals surface area contributed by atoms with Gasteiger partial charge in [0, 0.05) is 37.3 Å². The van der Waals surface area contributed by atoms with Crippen LogP contribution in [0, 0.1) is 5.92 Å². The van der Waals surface area contributed by atoms with Crippen LogP contribution in [-0.4, -0.2) is 27.6 Å². The molecule has 0 aromatic carbocycles. The zero-order valence-electron chi connectivity index (χ0n) is 11.6. The highest BCUT2D eigenvalue weighted by molar-refractivity contribution is 5.43. The van der Waals surface area contributed by atoms with Gasteiger partial charge in [-0.2, -0.15) is 0 Å². The fraction of sp³-hybridized carbons (Fsp3) is 0.400. The molecule has 4 heterocycles. The van der Waals surface area contributed by atoms with E-state index in [9.17, 15) is 4.79 Å². The molecule has 2 atom stereocenters. The van der Waals surface area contributed by atoms with Crippen molar-refractivity contribution >= 4 is 11.6 Å². The molecule has 4 rings (SSSR count). The third-order valence-electron chi connectivity index (χ3n) is 4.44. The molecule has 6 nitrogen and oxygen atoms in total. The lowest BCUT2D eigenvalue weighted by Crippen LogP contribution is -2.47. The van der Waals surface area contributed by atoms with E-state index in [0.29, 0.717) is 17.7 Å². The van der Waals surface area contributed by atoms with Crippen molar-refractivity contribution in [1.82, 2.24) is 14.5 Å². The smallest absolute Gasteiger partial charge is 0.250 e. The number of anilines is 2. The predicted octanol–water partition coefficient (Wildman–Crippen LogP) is 0.844. The summed E-state index contributed by atoms with van der Waals surface area (Å²) in [5.74, 6) is 2.12. The lowest BCUT2D eigenvalue weighted by molar-refractivity contribution is 0.280. The first kappa shape index (κ1) is 12.4. The Balaban J connectivity index is 1.70. The Morgan fingerprint density at radius 1 is 1.19 bits per heavy atom. The number of nitrogens with two attached hydrogens (primary N) is 1. The predicted molar refractivity (Wildman–Crippen MR) is 80.2 cm³/mol. The maximum absolute atomic E-state index is 12.0. The normalized spacial score (nSPS) is 23.7. The van der Waals surface area contributed by atoms with E-state index in [0.717, 1.165) is 37.6 Å². The first-order valence-electron chi connectivity index (χ1n) is 7.23. The summed E-state index contributed by atoms with van der Waals surface area (Å²) in [6.45, 7) is 2.55. The molecular weight excluding hydrogens is 266 g/mol. The monoisotopic (exact) mass is 283 g/mol. The van der Waals surface area contributed by atoms with Gasteiger partial charge >= 0.3 is 0 Å². The molecule has 1 saturated heterocycles. The number of aromatic nitrogens is 3.